The van der Waals surface area contributed by atoms with Crippen LogP contribution in [0.1, 0.15) is 30.0 Å². The number of carbonyl (C=O) groups excluding carboxylic acids is 1. The van der Waals surface area contributed by atoms with Crippen LogP contribution in [0.3, 0.4) is 0 Å². The number of fused-ring (bicyclic) bond motifs is 2. The summed E-state index contributed by atoms with van der Waals surface area (Å²) >= 11 is 0. The van der Waals surface area contributed by atoms with Crippen LogP contribution in [-0.2, 0) is 23.9 Å². The average Bonchev–Trinajstić information content (AvgIpc) is 3.22. The second kappa shape index (κ2) is 9.00. The maximum absolute atomic E-state index is 13.4. The van der Waals surface area contributed by atoms with E-state index in [1.54, 1.807) is 19.1 Å². The fourth-order valence-electron chi connectivity index (χ4n) is 4.40. The normalized spacial score (nSPS) is 17.9. The highest BCUT2D eigenvalue weighted by Crippen LogP contribution is 2.34. The zero-order chi connectivity index (χ0) is 25.5. The summed E-state index contributed by atoms with van der Waals surface area (Å²) < 4.78 is 84.2. The molecule has 1 aromatic heterocycles. The lowest BCUT2D eigenvalue weighted by Gasteiger charge is -2.30. The van der Waals surface area contributed by atoms with E-state index in [2.05, 4.69) is 20.6 Å². The molecule has 3 heterocycles. The third-order valence-electron chi connectivity index (χ3n) is 5.92. The van der Waals surface area contributed by atoms with Gasteiger partial charge in [-0.2, -0.15) is 26.3 Å². The van der Waals surface area contributed by atoms with Crippen LogP contribution >= 0.6 is 0 Å². The van der Waals surface area contributed by atoms with E-state index in [-0.39, 0.29) is 36.6 Å². The van der Waals surface area contributed by atoms with E-state index in [9.17, 15) is 31.1 Å². The number of amides is 1. The molecule has 4 rings (SSSR count). The second-order valence-electron chi connectivity index (χ2n) is 8.22. The summed E-state index contributed by atoms with van der Waals surface area (Å²) in [6, 6.07) is 3.28. The molecule has 7 nitrogen and oxygen atoms in total. The first-order valence-corrected chi connectivity index (χ1v) is 10.8. The molecule has 0 aliphatic carbocycles. The summed E-state index contributed by atoms with van der Waals surface area (Å²) in [5.74, 6) is -1.57. The molecule has 0 bridgehead atoms. The van der Waals surface area contributed by atoms with Crippen LogP contribution < -0.4 is 26.1 Å². The molecule has 2 aromatic rings. The van der Waals surface area contributed by atoms with Crippen LogP contribution in [0.25, 0.3) is 5.70 Å². The van der Waals surface area contributed by atoms with Crippen molar-refractivity contribution in [2.24, 2.45) is 4.99 Å². The lowest BCUT2D eigenvalue weighted by molar-refractivity contribution is -0.186. The summed E-state index contributed by atoms with van der Waals surface area (Å²) in [5.41, 5.74) is 1.45. The Balaban J connectivity index is 1.63. The van der Waals surface area contributed by atoms with Crippen molar-refractivity contribution in [3.63, 3.8) is 0 Å². The highest BCUT2D eigenvalue weighted by Gasteiger charge is 2.43. The molecule has 0 radical (unpaired) electrons. The zero-order valence-electron chi connectivity index (χ0n) is 18.8. The summed E-state index contributed by atoms with van der Waals surface area (Å²) in [6.07, 6.45) is -8.87. The standard InChI is InChI=1S/C22H23F6N5O2/c1-3-29-15-8-17(32-19-18(15)13(9-30-19)21(23,24)25)31-14-6-11-4-5-33(20(34)22(26,27)28)10-12(11)7-16(14)35-2/h6-7,9,17,29,31H,3-5,8,10H2,1-2H3,(H,30,32). The third-order valence-corrected chi connectivity index (χ3v) is 5.92. The number of carbonyl (C=O) groups is 1. The molecule has 0 fully saturated rings. The van der Waals surface area contributed by atoms with E-state index in [0.717, 1.165) is 16.7 Å². The lowest BCUT2D eigenvalue weighted by atomic mass is 9.98. The van der Waals surface area contributed by atoms with Gasteiger partial charge in [-0.15, -0.1) is 0 Å². The average molecular weight is 503 g/mol. The minimum Gasteiger partial charge on any atom is -0.495 e. The lowest BCUT2D eigenvalue weighted by Crippen LogP contribution is -2.43. The number of ether oxygens (including phenoxy) is 1. The number of aromatic amines is 1. The van der Waals surface area contributed by atoms with E-state index in [1.807, 2.05) is 0 Å². The SMILES string of the molecule is CCNC1=c2c(C(F)(F)F)c[nH]c2=NC(Nc2cc3c(cc2OC)CN(C(=O)C(F)(F)F)CC3)C1. The number of H-pyrrole nitrogens is 1. The van der Waals surface area contributed by atoms with Crippen molar-refractivity contribution < 1.29 is 35.9 Å². The molecule has 2 aliphatic rings. The van der Waals surface area contributed by atoms with Crippen LogP contribution in [0.5, 0.6) is 5.75 Å². The number of rotatable bonds is 5. The molecule has 0 spiro atoms. The van der Waals surface area contributed by atoms with Crippen molar-refractivity contribution in [2.75, 3.05) is 25.5 Å². The summed E-state index contributed by atoms with van der Waals surface area (Å²) in [4.78, 5) is 19.4. The summed E-state index contributed by atoms with van der Waals surface area (Å²) in [5, 5.41) is 6.16. The van der Waals surface area contributed by atoms with Crippen molar-refractivity contribution in [1.82, 2.24) is 15.2 Å². The van der Waals surface area contributed by atoms with Gasteiger partial charge in [0.05, 0.1) is 18.4 Å². The largest absolute Gasteiger partial charge is 0.495 e. The van der Waals surface area contributed by atoms with Crippen molar-refractivity contribution in [1.29, 1.82) is 0 Å². The Kier molecular flexibility index (Phi) is 6.36. The quantitative estimate of drug-likeness (QED) is 0.549. The molecule has 13 heteroatoms. The van der Waals surface area contributed by atoms with Gasteiger partial charge in [0.15, 0.2) is 0 Å². The molecule has 35 heavy (non-hydrogen) atoms. The number of aromatic nitrogens is 1. The highest BCUT2D eigenvalue weighted by atomic mass is 19.4. The third kappa shape index (κ3) is 4.89. The topological polar surface area (TPSA) is 81.8 Å². The van der Waals surface area contributed by atoms with Crippen LogP contribution in [0, 0.1) is 0 Å². The first kappa shape index (κ1) is 24.7. The highest BCUT2D eigenvalue weighted by molar-refractivity contribution is 5.82. The number of anilines is 1. The maximum Gasteiger partial charge on any atom is 0.471 e. The Bertz CT molecular complexity index is 1250. The molecule has 1 unspecified atom stereocenters. The van der Waals surface area contributed by atoms with E-state index in [0.29, 0.717) is 29.2 Å². The Hall–Kier alpha value is -3.38. The number of nitrogens with zero attached hydrogens (tertiary/aromatic N) is 2. The minimum absolute atomic E-state index is 0.00997. The predicted octanol–water partition coefficient (Wildman–Crippen LogP) is 2.67. The number of alkyl halides is 6. The number of halogens is 6. The Morgan fingerprint density at radius 3 is 2.60 bits per heavy atom. The molecular weight excluding hydrogens is 480 g/mol. The smallest absolute Gasteiger partial charge is 0.471 e. The summed E-state index contributed by atoms with van der Waals surface area (Å²) in [6.45, 7) is 1.90. The second-order valence-corrected chi connectivity index (χ2v) is 8.22. The Morgan fingerprint density at radius 1 is 1.23 bits per heavy atom. The molecule has 0 saturated heterocycles. The molecule has 1 atom stereocenters. The first-order chi connectivity index (χ1) is 16.4. The molecule has 3 N–H and O–H groups in total. The van der Waals surface area contributed by atoms with E-state index >= 15 is 0 Å². The number of methoxy groups -OCH3 is 1. The zero-order valence-corrected chi connectivity index (χ0v) is 18.8. The first-order valence-electron chi connectivity index (χ1n) is 10.8. The minimum atomic E-state index is -4.95. The summed E-state index contributed by atoms with van der Waals surface area (Å²) in [7, 11) is 1.39. The van der Waals surface area contributed by atoms with Crippen LogP contribution in [-0.4, -0.2) is 48.3 Å². The monoisotopic (exact) mass is 503 g/mol. The molecular formula is C22H23F6N5O2. The van der Waals surface area contributed by atoms with E-state index in [1.165, 1.54) is 7.11 Å². The number of benzene rings is 1. The van der Waals surface area contributed by atoms with Crippen molar-refractivity contribution in [2.45, 2.75) is 44.8 Å². The molecule has 2 aliphatic heterocycles. The van der Waals surface area contributed by atoms with E-state index < -0.39 is 30.0 Å². The Labute approximate surface area is 195 Å². The molecule has 1 amide bonds. The maximum atomic E-state index is 13.4. The molecule has 0 saturated carbocycles. The fourth-order valence-corrected chi connectivity index (χ4v) is 4.40. The van der Waals surface area contributed by atoms with Gasteiger partial charge < -0.3 is 25.3 Å². The van der Waals surface area contributed by atoms with Gasteiger partial charge in [-0.25, -0.2) is 4.99 Å². The van der Waals surface area contributed by atoms with Crippen LogP contribution in [0.2, 0.25) is 0 Å². The van der Waals surface area contributed by atoms with Crippen LogP contribution in [0.15, 0.2) is 23.3 Å². The van der Waals surface area contributed by atoms with Gasteiger partial charge in [-0.05, 0) is 36.6 Å². The number of nitrogens with one attached hydrogen (secondary N) is 3. The van der Waals surface area contributed by atoms with Crippen molar-refractivity contribution in [3.8, 4) is 5.75 Å². The van der Waals surface area contributed by atoms with Gasteiger partial charge in [0.25, 0.3) is 0 Å². The fraction of sp³-hybridized carbons (Fsp3) is 0.455. The predicted molar refractivity (Wildman–Crippen MR) is 114 cm³/mol. The van der Waals surface area contributed by atoms with Crippen molar-refractivity contribution in [3.05, 3.63) is 45.7 Å². The number of hydrogen-bond donors (Lipinski definition) is 3. The van der Waals surface area contributed by atoms with E-state index in [4.69, 9.17) is 4.74 Å². The van der Waals surface area contributed by atoms with Gasteiger partial charge in [-0.1, -0.05) is 0 Å². The number of hydrogen-bond acceptors (Lipinski definition) is 5. The van der Waals surface area contributed by atoms with Gasteiger partial charge in [0, 0.05) is 43.2 Å². The molecule has 1 aromatic carbocycles. The van der Waals surface area contributed by atoms with Crippen molar-refractivity contribution >= 4 is 17.3 Å². The molecule has 190 valence electrons. The Morgan fingerprint density at radius 2 is 1.97 bits per heavy atom. The van der Waals surface area contributed by atoms with Crippen LogP contribution in [0.4, 0.5) is 32.0 Å². The van der Waals surface area contributed by atoms with Gasteiger partial charge in [0.1, 0.15) is 17.4 Å². The van der Waals surface area contributed by atoms with Gasteiger partial charge in [-0.3, -0.25) is 4.79 Å². The van der Waals surface area contributed by atoms with Gasteiger partial charge >= 0.3 is 18.3 Å². The van der Waals surface area contributed by atoms with Gasteiger partial charge in [0.2, 0.25) is 0 Å².